The van der Waals surface area contributed by atoms with Crippen LogP contribution >= 0.6 is 0 Å². The molecule has 0 aromatic carbocycles. The van der Waals surface area contributed by atoms with Crippen molar-refractivity contribution in [1.82, 2.24) is 14.8 Å². The maximum Gasteiger partial charge on any atom is 0.138 e. The minimum atomic E-state index is 0.850. The summed E-state index contributed by atoms with van der Waals surface area (Å²) in [6, 6.07) is 0. The van der Waals surface area contributed by atoms with Crippen molar-refractivity contribution in [3.63, 3.8) is 0 Å². The van der Waals surface area contributed by atoms with Crippen LogP contribution in [0.25, 0.3) is 0 Å². The Balaban J connectivity index is 1.79. The van der Waals surface area contributed by atoms with Crippen LogP contribution in [0.4, 0.5) is 0 Å². The predicted molar refractivity (Wildman–Crippen MR) is 67.6 cm³/mol. The van der Waals surface area contributed by atoms with Crippen LogP contribution in [0, 0.1) is 17.8 Å². The predicted octanol–water partition coefficient (Wildman–Crippen LogP) is 3.06. The zero-order valence-electron chi connectivity index (χ0n) is 10.8. The van der Waals surface area contributed by atoms with Crippen molar-refractivity contribution in [2.75, 3.05) is 0 Å². The Hall–Kier alpha value is -0.860. The van der Waals surface area contributed by atoms with Crippen LogP contribution in [0.15, 0.2) is 6.33 Å². The molecule has 2 aliphatic rings. The summed E-state index contributed by atoms with van der Waals surface area (Å²) in [7, 11) is 0. The Kier molecular flexibility index (Phi) is 3.17. The SMILES string of the molecule is CCC1CC2CC1CCCCc1ncnn1C2. The molecule has 0 saturated heterocycles. The van der Waals surface area contributed by atoms with Gasteiger partial charge in [0.05, 0.1) is 0 Å². The largest absolute Gasteiger partial charge is 0.250 e. The van der Waals surface area contributed by atoms with E-state index in [0.717, 1.165) is 30.7 Å². The van der Waals surface area contributed by atoms with E-state index in [2.05, 4.69) is 21.7 Å². The molecule has 3 unspecified atom stereocenters. The normalized spacial score (nSPS) is 33.4. The second-order valence-corrected chi connectivity index (χ2v) is 5.87. The van der Waals surface area contributed by atoms with E-state index in [1.807, 2.05) is 0 Å². The highest BCUT2D eigenvalue weighted by Crippen LogP contribution is 2.42. The van der Waals surface area contributed by atoms with E-state index in [1.54, 1.807) is 6.33 Å². The Bertz CT molecular complexity index is 371. The second kappa shape index (κ2) is 4.79. The molecule has 1 aliphatic heterocycles. The third kappa shape index (κ3) is 2.24. The summed E-state index contributed by atoms with van der Waals surface area (Å²) in [5.74, 6) is 4.03. The van der Waals surface area contributed by atoms with Crippen molar-refractivity contribution in [1.29, 1.82) is 0 Å². The minimum Gasteiger partial charge on any atom is -0.250 e. The van der Waals surface area contributed by atoms with Gasteiger partial charge in [-0.25, -0.2) is 9.67 Å². The van der Waals surface area contributed by atoms with E-state index in [-0.39, 0.29) is 0 Å². The summed E-state index contributed by atoms with van der Waals surface area (Å²) in [4.78, 5) is 4.40. The van der Waals surface area contributed by atoms with Crippen LogP contribution in [-0.4, -0.2) is 14.8 Å². The number of hydrogen-bond acceptors (Lipinski definition) is 2. The lowest BCUT2D eigenvalue weighted by molar-refractivity contribution is 0.340. The number of aryl methyl sites for hydroxylation is 1. The molecule has 2 heterocycles. The standard InChI is InChI=1S/C14H23N3/c1-2-12-7-11-8-13(12)5-3-4-6-14-15-10-16-17(14)9-11/h10-13H,2-9H2,1H3. The number of nitrogens with zero attached hydrogens (tertiary/aromatic N) is 3. The molecular formula is C14H23N3. The lowest BCUT2D eigenvalue weighted by atomic mass is 9.89. The molecule has 1 saturated carbocycles. The van der Waals surface area contributed by atoms with Gasteiger partial charge < -0.3 is 0 Å². The van der Waals surface area contributed by atoms with E-state index in [4.69, 9.17) is 0 Å². The third-order valence-corrected chi connectivity index (χ3v) is 4.82. The van der Waals surface area contributed by atoms with Gasteiger partial charge in [0, 0.05) is 13.0 Å². The minimum absolute atomic E-state index is 0.850. The first-order valence-electron chi connectivity index (χ1n) is 7.23. The van der Waals surface area contributed by atoms with Crippen molar-refractivity contribution in [2.45, 2.75) is 58.4 Å². The van der Waals surface area contributed by atoms with Gasteiger partial charge in [-0.2, -0.15) is 5.10 Å². The fourth-order valence-corrected chi connectivity index (χ4v) is 3.91. The van der Waals surface area contributed by atoms with Crippen LogP contribution in [0.5, 0.6) is 0 Å². The number of fused-ring (bicyclic) bond motifs is 3. The summed E-state index contributed by atoms with van der Waals surface area (Å²) in [6.07, 6.45) is 11.2. The summed E-state index contributed by atoms with van der Waals surface area (Å²) < 4.78 is 2.17. The van der Waals surface area contributed by atoms with E-state index < -0.39 is 0 Å². The highest BCUT2D eigenvalue weighted by molar-refractivity contribution is 4.90. The van der Waals surface area contributed by atoms with Crippen LogP contribution < -0.4 is 0 Å². The molecule has 1 aromatic rings. The summed E-state index contributed by atoms with van der Waals surface area (Å²) in [5.41, 5.74) is 0. The first kappa shape index (κ1) is 11.2. The number of rotatable bonds is 1. The molecule has 94 valence electrons. The molecule has 2 bridgehead atoms. The topological polar surface area (TPSA) is 30.7 Å². The van der Waals surface area contributed by atoms with Gasteiger partial charge in [0.2, 0.25) is 0 Å². The lowest BCUT2D eigenvalue weighted by Gasteiger charge is -2.18. The van der Waals surface area contributed by atoms with Crippen molar-refractivity contribution in [3.8, 4) is 0 Å². The van der Waals surface area contributed by atoms with Gasteiger partial charge in [-0.05, 0) is 37.0 Å². The average Bonchev–Trinajstić information content (AvgIpc) is 2.92. The van der Waals surface area contributed by atoms with Crippen LogP contribution in [0.2, 0.25) is 0 Å². The molecule has 3 heteroatoms. The van der Waals surface area contributed by atoms with Gasteiger partial charge in [0.25, 0.3) is 0 Å². The number of aromatic nitrogens is 3. The number of hydrogen-bond donors (Lipinski definition) is 0. The molecule has 1 fully saturated rings. The maximum absolute atomic E-state index is 4.40. The molecule has 1 aliphatic carbocycles. The molecule has 0 N–H and O–H groups in total. The van der Waals surface area contributed by atoms with Gasteiger partial charge in [0.15, 0.2) is 0 Å². The zero-order valence-corrected chi connectivity index (χ0v) is 10.8. The second-order valence-electron chi connectivity index (χ2n) is 5.87. The van der Waals surface area contributed by atoms with E-state index in [0.29, 0.717) is 0 Å². The zero-order chi connectivity index (χ0) is 11.7. The summed E-state index contributed by atoms with van der Waals surface area (Å²) in [5, 5.41) is 4.40. The van der Waals surface area contributed by atoms with Crippen LogP contribution in [-0.2, 0) is 13.0 Å². The van der Waals surface area contributed by atoms with E-state index in [1.165, 1.54) is 44.3 Å². The summed E-state index contributed by atoms with van der Waals surface area (Å²) >= 11 is 0. The molecule has 3 rings (SSSR count). The Labute approximate surface area is 104 Å². The van der Waals surface area contributed by atoms with Gasteiger partial charge in [-0.1, -0.05) is 26.2 Å². The van der Waals surface area contributed by atoms with Gasteiger partial charge in [-0.15, -0.1) is 0 Å². The van der Waals surface area contributed by atoms with Gasteiger partial charge >= 0.3 is 0 Å². The highest BCUT2D eigenvalue weighted by atomic mass is 15.3. The monoisotopic (exact) mass is 233 g/mol. The summed E-state index contributed by atoms with van der Waals surface area (Å²) in [6.45, 7) is 3.48. The van der Waals surface area contributed by atoms with Crippen molar-refractivity contribution in [3.05, 3.63) is 12.2 Å². The van der Waals surface area contributed by atoms with E-state index in [9.17, 15) is 0 Å². The van der Waals surface area contributed by atoms with Crippen molar-refractivity contribution in [2.24, 2.45) is 17.8 Å². The molecule has 0 radical (unpaired) electrons. The highest BCUT2D eigenvalue weighted by Gasteiger charge is 2.33. The molecule has 1 aromatic heterocycles. The molecule has 0 amide bonds. The molecule has 3 nitrogen and oxygen atoms in total. The van der Waals surface area contributed by atoms with Gasteiger partial charge in [-0.3, -0.25) is 0 Å². The third-order valence-electron chi connectivity index (χ3n) is 4.82. The lowest BCUT2D eigenvalue weighted by Crippen LogP contribution is -2.14. The van der Waals surface area contributed by atoms with Crippen LogP contribution in [0.1, 0.15) is 51.3 Å². The quantitative estimate of drug-likeness (QED) is 0.746. The Morgan fingerprint density at radius 1 is 1.35 bits per heavy atom. The Morgan fingerprint density at radius 3 is 3.18 bits per heavy atom. The molecule has 17 heavy (non-hydrogen) atoms. The molecule has 3 atom stereocenters. The fraction of sp³-hybridized carbons (Fsp3) is 0.857. The molecule has 0 spiro atoms. The van der Waals surface area contributed by atoms with Crippen LogP contribution in [0.3, 0.4) is 0 Å². The van der Waals surface area contributed by atoms with E-state index >= 15 is 0 Å². The van der Waals surface area contributed by atoms with Crippen molar-refractivity contribution < 1.29 is 0 Å². The first-order chi connectivity index (χ1) is 8.36. The average molecular weight is 233 g/mol. The smallest absolute Gasteiger partial charge is 0.138 e. The molecular weight excluding hydrogens is 210 g/mol. The van der Waals surface area contributed by atoms with Crippen molar-refractivity contribution >= 4 is 0 Å². The maximum atomic E-state index is 4.40. The first-order valence-corrected chi connectivity index (χ1v) is 7.23. The van der Waals surface area contributed by atoms with Gasteiger partial charge in [0.1, 0.15) is 12.2 Å². The fourth-order valence-electron chi connectivity index (χ4n) is 3.91. The Morgan fingerprint density at radius 2 is 2.29 bits per heavy atom.